The zero-order valence-corrected chi connectivity index (χ0v) is 19.7. The van der Waals surface area contributed by atoms with E-state index in [9.17, 15) is 9.59 Å². The fourth-order valence-electron chi connectivity index (χ4n) is 4.12. The summed E-state index contributed by atoms with van der Waals surface area (Å²) >= 11 is 0. The number of rotatable bonds is 3. The molecule has 6 nitrogen and oxygen atoms in total. The van der Waals surface area contributed by atoms with Gasteiger partial charge in [-0.2, -0.15) is 0 Å². The molecule has 2 atom stereocenters. The van der Waals surface area contributed by atoms with Gasteiger partial charge in [-0.05, 0) is 45.4 Å². The molecule has 4 rings (SSSR count). The Balaban J connectivity index is 0.000000352. The Morgan fingerprint density at radius 2 is 1.69 bits per heavy atom. The molecule has 172 valence electrons. The normalized spacial score (nSPS) is 21.0. The number of benzene rings is 2. The molecule has 2 amide bonds. The van der Waals surface area contributed by atoms with E-state index in [0.29, 0.717) is 13.1 Å². The van der Waals surface area contributed by atoms with Crippen LogP contribution >= 0.6 is 0 Å². The van der Waals surface area contributed by atoms with Crippen LogP contribution in [0.25, 0.3) is 0 Å². The molecule has 0 saturated carbocycles. The third kappa shape index (κ3) is 5.68. The summed E-state index contributed by atoms with van der Waals surface area (Å²) in [5, 5.41) is 0. The maximum Gasteiger partial charge on any atom is 0.416 e. The van der Waals surface area contributed by atoms with Gasteiger partial charge in [0.05, 0.1) is 19.6 Å². The van der Waals surface area contributed by atoms with Crippen molar-refractivity contribution in [3.63, 3.8) is 0 Å². The molecule has 2 heterocycles. The first-order valence-electron chi connectivity index (χ1n) is 11.1. The average Bonchev–Trinajstić information content (AvgIpc) is 3.41. The maximum absolute atomic E-state index is 13.0. The zero-order valence-electron chi connectivity index (χ0n) is 19.7. The highest BCUT2D eigenvalue weighted by Crippen LogP contribution is 2.38. The summed E-state index contributed by atoms with van der Waals surface area (Å²) in [4.78, 5) is 28.4. The van der Waals surface area contributed by atoms with Gasteiger partial charge in [-0.3, -0.25) is 9.69 Å². The number of methoxy groups -OCH3 is 1. The van der Waals surface area contributed by atoms with Crippen LogP contribution in [0.3, 0.4) is 0 Å². The molecule has 32 heavy (non-hydrogen) atoms. The zero-order chi connectivity index (χ0) is 23.3. The molecule has 2 aromatic rings. The van der Waals surface area contributed by atoms with Gasteiger partial charge in [-0.1, -0.05) is 48.0 Å². The second-order valence-corrected chi connectivity index (χ2v) is 9.32. The number of hydrogen-bond donors (Lipinski definition) is 0. The molecule has 0 aromatic heterocycles. The first kappa shape index (κ1) is 23.8. The van der Waals surface area contributed by atoms with Crippen LogP contribution in [-0.2, 0) is 9.53 Å². The topological polar surface area (TPSA) is 59.1 Å². The number of cyclic esters (lactones) is 1. The van der Waals surface area contributed by atoms with Gasteiger partial charge < -0.3 is 9.47 Å². The van der Waals surface area contributed by atoms with Gasteiger partial charge in [-0.25, -0.2) is 9.69 Å². The predicted octanol–water partition coefficient (Wildman–Crippen LogP) is 4.48. The van der Waals surface area contributed by atoms with Crippen molar-refractivity contribution in [2.24, 2.45) is 5.92 Å². The number of ether oxygens (including phenoxy) is 2. The molecule has 0 N–H and O–H groups in total. The highest BCUT2D eigenvalue weighted by atomic mass is 16.6. The molecule has 0 radical (unpaired) electrons. The van der Waals surface area contributed by atoms with Crippen molar-refractivity contribution in [1.29, 1.82) is 0 Å². The molecule has 6 heteroatoms. The fourth-order valence-corrected chi connectivity index (χ4v) is 4.12. The van der Waals surface area contributed by atoms with E-state index >= 15 is 0 Å². The Kier molecular flexibility index (Phi) is 7.56. The van der Waals surface area contributed by atoms with Crippen LogP contribution < -0.4 is 4.74 Å². The fraction of sp³-hybridized carbons (Fsp3) is 0.462. The van der Waals surface area contributed by atoms with Gasteiger partial charge in [0.2, 0.25) is 5.91 Å². The number of nitrogens with zero attached hydrogens (tertiary/aromatic N) is 2. The molecule has 0 aliphatic carbocycles. The number of carbonyl (C=O) groups is 2. The van der Waals surface area contributed by atoms with Crippen LogP contribution in [0.1, 0.15) is 37.8 Å². The van der Waals surface area contributed by atoms with Gasteiger partial charge in [0.1, 0.15) is 12.4 Å². The smallest absolute Gasteiger partial charge is 0.416 e. The lowest BCUT2D eigenvalue weighted by molar-refractivity contribution is -0.132. The number of aryl methyl sites for hydroxylation is 1. The van der Waals surface area contributed by atoms with E-state index in [4.69, 9.17) is 9.47 Å². The lowest BCUT2D eigenvalue weighted by Crippen LogP contribution is -2.42. The Labute approximate surface area is 191 Å². The van der Waals surface area contributed by atoms with Gasteiger partial charge >= 0.3 is 6.09 Å². The molecule has 0 spiro atoms. The summed E-state index contributed by atoms with van der Waals surface area (Å²) in [5.41, 5.74) is 2.38. The van der Waals surface area contributed by atoms with E-state index in [1.165, 1.54) is 10.5 Å². The molecule has 2 saturated heterocycles. The summed E-state index contributed by atoms with van der Waals surface area (Å²) in [6.07, 6.45) is -0.521. The van der Waals surface area contributed by atoms with Crippen LogP contribution in [0, 0.1) is 12.8 Å². The van der Waals surface area contributed by atoms with E-state index in [2.05, 4.69) is 44.7 Å². The van der Waals surface area contributed by atoms with Crippen molar-refractivity contribution in [3.05, 3.63) is 65.7 Å². The standard InChI is InChI=1S/C19H26N2O4.C7H8/c1-19(2,3)20-11-15(13-5-7-14(24-4)8-6-13)16(12-20)17(22)21-9-10-25-18(21)23;1-7-5-3-2-4-6-7/h5-8,15-16H,9-12H2,1-4H3;2-6H,1H3. The Morgan fingerprint density at radius 3 is 2.16 bits per heavy atom. The van der Waals surface area contributed by atoms with Gasteiger partial charge in [0.25, 0.3) is 0 Å². The molecule has 2 aromatic carbocycles. The quantitative estimate of drug-likeness (QED) is 0.707. The third-order valence-electron chi connectivity index (χ3n) is 6.10. The monoisotopic (exact) mass is 438 g/mol. The summed E-state index contributed by atoms with van der Waals surface area (Å²) in [6, 6.07) is 18.1. The second kappa shape index (κ2) is 10.2. The first-order valence-corrected chi connectivity index (χ1v) is 11.1. The number of likely N-dealkylation sites (tertiary alicyclic amines) is 1. The molecular formula is C26H34N2O4. The highest BCUT2D eigenvalue weighted by molar-refractivity contribution is 5.95. The van der Waals surface area contributed by atoms with Crippen molar-refractivity contribution in [2.45, 2.75) is 39.2 Å². The van der Waals surface area contributed by atoms with Gasteiger partial charge in [0, 0.05) is 24.5 Å². The average molecular weight is 439 g/mol. The van der Waals surface area contributed by atoms with Crippen LogP contribution in [0.5, 0.6) is 5.75 Å². The summed E-state index contributed by atoms with van der Waals surface area (Å²) in [5.74, 6) is 0.458. The second-order valence-electron chi connectivity index (χ2n) is 9.32. The summed E-state index contributed by atoms with van der Waals surface area (Å²) in [6.45, 7) is 10.6. The van der Waals surface area contributed by atoms with Crippen molar-refractivity contribution in [1.82, 2.24) is 9.80 Å². The Morgan fingerprint density at radius 1 is 1.03 bits per heavy atom. The largest absolute Gasteiger partial charge is 0.497 e. The SMILES string of the molecule is COc1ccc(C2CN(C(C)(C)C)CC2C(=O)N2CCOC2=O)cc1.Cc1ccccc1. The van der Waals surface area contributed by atoms with Crippen molar-refractivity contribution >= 4 is 12.0 Å². The summed E-state index contributed by atoms with van der Waals surface area (Å²) in [7, 11) is 1.64. The summed E-state index contributed by atoms with van der Waals surface area (Å²) < 4.78 is 10.2. The Hall–Kier alpha value is -2.86. The molecule has 2 aliphatic heterocycles. The van der Waals surface area contributed by atoms with Crippen molar-refractivity contribution in [2.75, 3.05) is 33.4 Å². The molecule has 2 fully saturated rings. The Bertz CT molecular complexity index is 906. The van der Waals surface area contributed by atoms with E-state index in [1.807, 2.05) is 42.5 Å². The van der Waals surface area contributed by atoms with Crippen LogP contribution in [0.2, 0.25) is 0 Å². The maximum atomic E-state index is 13.0. The van der Waals surface area contributed by atoms with Gasteiger partial charge in [0.15, 0.2) is 0 Å². The molecule has 2 aliphatic rings. The number of amides is 2. The van der Waals surface area contributed by atoms with Crippen molar-refractivity contribution in [3.8, 4) is 5.75 Å². The van der Waals surface area contributed by atoms with Crippen LogP contribution in [-0.4, -0.2) is 60.7 Å². The van der Waals surface area contributed by atoms with E-state index < -0.39 is 6.09 Å². The molecule has 0 bridgehead atoms. The number of hydrogen-bond acceptors (Lipinski definition) is 5. The van der Waals surface area contributed by atoms with Crippen molar-refractivity contribution < 1.29 is 19.1 Å². The minimum Gasteiger partial charge on any atom is -0.497 e. The predicted molar refractivity (Wildman–Crippen MR) is 125 cm³/mol. The number of carbonyl (C=O) groups excluding carboxylic acids is 2. The number of imide groups is 1. The lowest BCUT2D eigenvalue weighted by Gasteiger charge is -2.31. The van der Waals surface area contributed by atoms with Gasteiger partial charge in [-0.15, -0.1) is 0 Å². The van der Waals surface area contributed by atoms with Crippen LogP contribution in [0.15, 0.2) is 54.6 Å². The highest BCUT2D eigenvalue weighted by Gasteiger charge is 2.45. The lowest BCUT2D eigenvalue weighted by atomic mass is 9.88. The molecular weight excluding hydrogens is 404 g/mol. The van der Waals surface area contributed by atoms with E-state index in [-0.39, 0.29) is 29.9 Å². The van der Waals surface area contributed by atoms with E-state index in [1.54, 1.807) is 7.11 Å². The van der Waals surface area contributed by atoms with E-state index in [0.717, 1.165) is 17.9 Å². The first-order chi connectivity index (χ1) is 15.2. The third-order valence-corrected chi connectivity index (χ3v) is 6.10. The minimum absolute atomic E-state index is 0.0364. The molecule has 2 unspecified atom stereocenters. The minimum atomic E-state index is -0.521. The van der Waals surface area contributed by atoms with Crippen LogP contribution in [0.4, 0.5) is 4.79 Å².